The van der Waals surface area contributed by atoms with Crippen molar-refractivity contribution in [2.75, 3.05) is 9.80 Å². The molecule has 0 aliphatic heterocycles. The Kier molecular flexibility index (Phi) is 8.55. The summed E-state index contributed by atoms with van der Waals surface area (Å²) in [6.07, 6.45) is 0. The first kappa shape index (κ1) is 38.2. The van der Waals surface area contributed by atoms with Gasteiger partial charge in [-0.05, 0) is 142 Å². The quantitative estimate of drug-likeness (QED) is 0.142. The van der Waals surface area contributed by atoms with Gasteiger partial charge in [-0.15, -0.1) is 0 Å². The van der Waals surface area contributed by atoms with Gasteiger partial charge in [0.2, 0.25) is 0 Å². The molecule has 14 aromatic rings. The summed E-state index contributed by atoms with van der Waals surface area (Å²) in [6, 6.07) is 93.0. The summed E-state index contributed by atoms with van der Waals surface area (Å²) in [6.45, 7) is 0. The van der Waals surface area contributed by atoms with Gasteiger partial charge in [0, 0.05) is 66.7 Å². The molecule has 2 heterocycles. The number of nitrogens with zero attached hydrogens (tertiary/aromatic N) is 4. The van der Waals surface area contributed by atoms with Crippen molar-refractivity contribution < 1.29 is 0 Å². The molecule has 0 atom stereocenters. The molecule has 0 spiro atoms. The third-order valence-corrected chi connectivity index (χ3v) is 13.9. The molecule has 0 N–H and O–H groups in total. The average molecular weight is 867 g/mol. The van der Waals surface area contributed by atoms with Crippen LogP contribution in [0.25, 0.3) is 87.3 Å². The number of rotatable bonds is 8. The summed E-state index contributed by atoms with van der Waals surface area (Å²) in [7, 11) is 0. The Bertz CT molecular complexity index is 4170. The summed E-state index contributed by atoms with van der Waals surface area (Å²) in [4.78, 5) is 4.85. The predicted molar refractivity (Wildman–Crippen MR) is 288 cm³/mol. The number of fused-ring (bicyclic) bond motifs is 6. The second kappa shape index (κ2) is 15.2. The molecule has 0 fully saturated rings. The van der Waals surface area contributed by atoms with Crippen LogP contribution in [0.2, 0.25) is 0 Å². The van der Waals surface area contributed by atoms with Crippen LogP contribution in [0.15, 0.2) is 255 Å². The van der Waals surface area contributed by atoms with E-state index in [2.05, 4.69) is 274 Å². The molecule has 318 valence electrons. The molecule has 14 rings (SSSR count). The van der Waals surface area contributed by atoms with Crippen LogP contribution in [-0.2, 0) is 0 Å². The number of benzene rings is 12. The van der Waals surface area contributed by atoms with E-state index in [0.717, 1.165) is 45.5 Å². The summed E-state index contributed by atoms with van der Waals surface area (Å²) in [5.41, 5.74) is 13.8. The number of anilines is 6. The minimum atomic E-state index is 1.11. The molecule has 68 heavy (non-hydrogen) atoms. The van der Waals surface area contributed by atoms with Crippen LogP contribution in [0, 0.1) is 0 Å². The van der Waals surface area contributed by atoms with Crippen LogP contribution in [0.3, 0.4) is 0 Å². The standard InChI is InChI=1S/C64H42N4/c1-5-17-46(18-6-1)65(50-33-37-61-56(41-50)53-25-13-15-27-58(53)67(61)48-21-9-3-10-22-48)52-39-44-30-29-43-32-36-60(55-35-31-45(40-52)63(44)64(43)55)66(47-19-7-2-8-20-47)51-34-38-62-57(42-51)54-26-14-16-28-59(54)68(62)49-23-11-4-12-24-49/h1-42H. The van der Waals surface area contributed by atoms with Crippen molar-refractivity contribution in [3.63, 3.8) is 0 Å². The second-order valence-electron chi connectivity index (χ2n) is 17.7. The number of para-hydroxylation sites is 6. The van der Waals surface area contributed by atoms with Gasteiger partial charge in [0.15, 0.2) is 0 Å². The van der Waals surface area contributed by atoms with Crippen LogP contribution in [-0.4, -0.2) is 9.13 Å². The Morgan fingerprint density at radius 2 is 0.662 bits per heavy atom. The minimum Gasteiger partial charge on any atom is -0.310 e. The fourth-order valence-electron chi connectivity index (χ4n) is 11.1. The summed E-state index contributed by atoms with van der Waals surface area (Å²) >= 11 is 0. The van der Waals surface area contributed by atoms with Crippen molar-refractivity contribution in [1.29, 1.82) is 0 Å². The van der Waals surface area contributed by atoms with E-state index in [4.69, 9.17) is 0 Å². The lowest BCUT2D eigenvalue weighted by Crippen LogP contribution is -2.11. The Morgan fingerprint density at radius 1 is 0.235 bits per heavy atom. The molecule has 4 heteroatoms. The lowest BCUT2D eigenvalue weighted by atomic mass is 9.92. The third kappa shape index (κ3) is 5.87. The number of hydrogen-bond donors (Lipinski definition) is 0. The largest absolute Gasteiger partial charge is 0.310 e. The first-order valence-corrected chi connectivity index (χ1v) is 23.3. The van der Waals surface area contributed by atoms with Gasteiger partial charge in [-0.3, -0.25) is 0 Å². The van der Waals surface area contributed by atoms with Crippen LogP contribution >= 0.6 is 0 Å². The molecule has 0 saturated heterocycles. The summed E-state index contributed by atoms with van der Waals surface area (Å²) in [5, 5.41) is 12.3. The monoisotopic (exact) mass is 866 g/mol. The highest BCUT2D eigenvalue weighted by molar-refractivity contribution is 6.27. The van der Waals surface area contributed by atoms with Gasteiger partial charge < -0.3 is 18.9 Å². The molecule has 0 aliphatic carbocycles. The second-order valence-corrected chi connectivity index (χ2v) is 17.7. The van der Waals surface area contributed by atoms with Gasteiger partial charge in [-0.1, -0.05) is 140 Å². The zero-order valence-corrected chi connectivity index (χ0v) is 37.0. The number of aromatic nitrogens is 2. The molecule has 0 aliphatic rings. The van der Waals surface area contributed by atoms with Crippen LogP contribution < -0.4 is 9.80 Å². The van der Waals surface area contributed by atoms with Crippen molar-refractivity contribution in [3.05, 3.63) is 255 Å². The van der Waals surface area contributed by atoms with Gasteiger partial charge >= 0.3 is 0 Å². The fourth-order valence-corrected chi connectivity index (χ4v) is 11.1. The highest BCUT2D eigenvalue weighted by Crippen LogP contribution is 2.48. The Balaban J connectivity index is 0.947. The fraction of sp³-hybridized carbons (Fsp3) is 0. The van der Waals surface area contributed by atoms with E-state index in [9.17, 15) is 0 Å². The molecule has 0 bridgehead atoms. The van der Waals surface area contributed by atoms with Crippen molar-refractivity contribution in [2.45, 2.75) is 0 Å². The highest BCUT2D eigenvalue weighted by atomic mass is 15.2. The van der Waals surface area contributed by atoms with Crippen LogP contribution in [0.1, 0.15) is 0 Å². The van der Waals surface area contributed by atoms with E-state index in [0.29, 0.717) is 0 Å². The molecule has 0 unspecified atom stereocenters. The van der Waals surface area contributed by atoms with E-state index in [-0.39, 0.29) is 0 Å². The van der Waals surface area contributed by atoms with E-state index in [1.54, 1.807) is 0 Å². The Morgan fingerprint density at radius 3 is 1.22 bits per heavy atom. The molecule has 4 nitrogen and oxygen atoms in total. The average Bonchev–Trinajstić information content (AvgIpc) is 3.92. The maximum atomic E-state index is 2.44. The van der Waals surface area contributed by atoms with Gasteiger partial charge in [0.1, 0.15) is 0 Å². The highest BCUT2D eigenvalue weighted by Gasteiger charge is 2.23. The Labute approximate surface area is 393 Å². The maximum absolute atomic E-state index is 2.44. The summed E-state index contributed by atoms with van der Waals surface area (Å²) in [5.74, 6) is 0. The molecule has 0 radical (unpaired) electrons. The molecule has 0 amide bonds. The molecule has 2 aromatic heterocycles. The van der Waals surface area contributed by atoms with Gasteiger partial charge in [0.05, 0.1) is 27.8 Å². The zero-order valence-electron chi connectivity index (χ0n) is 37.0. The molecular weight excluding hydrogens is 825 g/mol. The predicted octanol–water partition coefficient (Wildman–Crippen LogP) is 17.7. The van der Waals surface area contributed by atoms with E-state index < -0.39 is 0 Å². The molecule has 12 aromatic carbocycles. The van der Waals surface area contributed by atoms with Gasteiger partial charge in [-0.2, -0.15) is 0 Å². The first-order valence-electron chi connectivity index (χ1n) is 23.3. The van der Waals surface area contributed by atoms with E-state index in [1.807, 2.05) is 0 Å². The van der Waals surface area contributed by atoms with Crippen LogP contribution in [0.4, 0.5) is 34.1 Å². The molecular formula is C64H42N4. The van der Waals surface area contributed by atoms with Gasteiger partial charge in [-0.25, -0.2) is 0 Å². The third-order valence-electron chi connectivity index (χ3n) is 13.9. The smallest absolute Gasteiger partial charge is 0.0542 e. The SMILES string of the molecule is c1ccc(N(c2cc3ccc4ccc(N(c5ccccc5)c5ccc6c(c5)c5ccccc5n6-c5ccccc5)c5ccc(c2)c3c45)c2ccc3c(c2)c2ccccc2n3-c2ccccc2)cc1. The number of hydrogen-bond acceptors (Lipinski definition) is 2. The van der Waals surface area contributed by atoms with Crippen LogP contribution in [0.5, 0.6) is 0 Å². The topological polar surface area (TPSA) is 16.3 Å². The normalized spacial score (nSPS) is 11.8. The van der Waals surface area contributed by atoms with Crippen molar-refractivity contribution in [2.24, 2.45) is 0 Å². The maximum Gasteiger partial charge on any atom is 0.0542 e. The van der Waals surface area contributed by atoms with E-state index >= 15 is 0 Å². The molecule has 0 saturated carbocycles. The van der Waals surface area contributed by atoms with Crippen molar-refractivity contribution in [3.8, 4) is 11.4 Å². The van der Waals surface area contributed by atoms with Crippen molar-refractivity contribution >= 4 is 110 Å². The lowest BCUT2D eigenvalue weighted by Gasteiger charge is -2.28. The zero-order chi connectivity index (χ0) is 44.7. The summed E-state index contributed by atoms with van der Waals surface area (Å²) < 4.78 is 4.76. The lowest BCUT2D eigenvalue weighted by molar-refractivity contribution is 1.18. The van der Waals surface area contributed by atoms with Crippen molar-refractivity contribution in [1.82, 2.24) is 9.13 Å². The van der Waals surface area contributed by atoms with Gasteiger partial charge in [0.25, 0.3) is 0 Å². The Hall–Kier alpha value is -9.12. The van der Waals surface area contributed by atoms with E-state index in [1.165, 1.54) is 75.9 Å². The minimum absolute atomic E-state index is 1.11. The first-order chi connectivity index (χ1) is 33.7.